The minimum atomic E-state index is 0.652. The molecular formula is C16H25N3O2. The van der Waals surface area contributed by atoms with Gasteiger partial charge in [-0.15, -0.1) is 0 Å². The molecule has 0 spiro atoms. The average molecular weight is 291 g/mol. The van der Waals surface area contributed by atoms with Gasteiger partial charge in [0.1, 0.15) is 6.07 Å². The topological polar surface area (TPSA) is 57.5 Å². The first kappa shape index (κ1) is 17.4. The third-order valence-electron chi connectivity index (χ3n) is 3.28. The quantitative estimate of drug-likeness (QED) is 0.666. The maximum absolute atomic E-state index is 9.37. The van der Waals surface area contributed by atoms with Crippen molar-refractivity contribution >= 4 is 5.69 Å². The summed E-state index contributed by atoms with van der Waals surface area (Å²) in [4.78, 5) is 2.16. The van der Waals surface area contributed by atoms with Crippen LogP contribution in [0.25, 0.3) is 0 Å². The molecule has 1 N–H and O–H groups in total. The second-order valence-electron chi connectivity index (χ2n) is 4.71. The Morgan fingerprint density at radius 3 is 2.62 bits per heavy atom. The van der Waals surface area contributed by atoms with E-state index >= 15 is 0 Å². The number of nitrogens with one attached hydrogen (secondary N) is 1. The monoisotopic (exact) mass is 291 g/mol. The Morgan fingerprint density at radius 2 is 2.00 bits per heavy atom. The highest BCUT2D eigenvalue weighted by Gasteiger charge is 2.10. The van der Waals surface area contributed by atoms with Crippen molar-refractivity contribution in [1.29, 1.82) is 5.26 Å². The molecule has 0 aliphatic carbocycles. The van der Waals surface area contributed by atoms with Crippen LogP contribution in [0, 0.1) is 11.3 Å². The van der Waals surface area contributed by atoms with Crippen LogP contribution in [-0.2, 0) is 16.0 Å². The van der Waals surface area contributed by atoms with Crippen molar-refractivity contribution in [3.63, 3.8) is 0 Å². The van der Waals surface area contributed by atoms with E-state index in [-0.39, 0.29) is 0 Å². The Hall–Kier alpha value is -1.61. The van der Waals surface area contributed by atoms with Crippen molar-refractivity contribution in [2.24, 2.45) is 0 Å². The molecule has 0 atom stereocenters. The number of nitriles is 1. The predicted octanol–water partition coefficient (Wildman–Crippen LogP) is 1.77. The number of hydrogen-bond acceptors (Lipinski definition) is 5. The Bertz CT molecular complexity index is 457. The highest BCUT2D eigenvalue weighted by molar-refractivity contribution is 5.60. The smallest absolute Gasteiger partial charge is 0.101 e. The van der Waals surface area contributed by atoms with Crippen LogP contribution in [0.5, 0.6) is 0 Å². The minimum Gasteiger partial charge on any atom is -0.383 e. The molecule has 0 unspecified atom stereocenters. The van der Waals surface area contributed by atoms with Gasteiger partial charge in [-0.3, -0.25) is 0 Å². The molecule has 5 heteroatoms. The van der Waals surface area contributed by atoms with Crippen LogP contribution in [0.2, 0.25) is 0 Å². The molecule has 1 rings (SSSR count). The summed E-state index contributed by atoms with van der Waals surface area (Å²) in [7, 11) is 3.37. The van der Waals surface area contributed by atoms with E-state index in [1.165, 1.54) is 0 Å². The van der Waals surface area contributed by atoms with E-state index in [9.17, 15) is 5.26 Å². The first-order valence-electron chi connectivity index (χ1n) is 7.23. The first-order valence-corrected chi connectivity index (χ1v) is 7.23. The Balaban J connectivity index is 2.75. The molecule has 116 valence electrons. The molecule has 0 radical (unpaired) electrons. The zero-order valence-corrected chi connectivity index (χ0v) is 13.2. The summed E-state index contributed by atoms with van der Waals surface area (Å²) in [6.45, 7) is 6.59. The average Bonchev–Trinajstić information content (AvgIpc) is 2.53. The molecule has 0 bridgehead atoms. The number of ether oxygens (including phenoxy) is 2. The molecule has 0 saturated heterocycles. The Morgan fingerprint density at radius 1 is 1.24 bits per heavy atom. The Kier molecular flexibility index (Phi) is 8.44. The van der Waals surface area contributed by atoms with E-state index in [4.69, 9.17) is 9.47 Å². The van der Waals surface area contributed by atoms with Gasteiger partial charge in [0, 0.05) is 40.4 Å². The first-order chi connectivity index (χ1) is 10.3. The lowest BCUT2D eigenvalue weighted by Gasteiger charge is -2.24. The van der Waals surface area contributed by atoms with Crippen LogP contribution < -0.4 is 10.2 Å². The number of methoxy groups -OCH3 is 2. The molecule has 1 aromatic carbocycles. The second-order valence-corrected chi connectivity index (χ2v) is 4.71. The van der Waals surface area contributed by atoms with Crippen molar-refractivity contribution in [3.05, 3.63) is 29.3 Å². The number of hydrogen-bond donors (Lipinski definition) is 1. The summed E-state index contributed by atoms with van der Waals surface area (Å²) in [5, 5.41) is 12.7. The molecule has 0 fully saturated rings. The van der Waals surface area contributed by atoms with Gasteiger partial charge in [-0.2, -0.15) is 5.26 Å². The highest BCUT2D eigenvalue weighted by atomic mass is 16.5. The number of likely N-dealkylation sites (N-methyl/N-ethyl adjacent to an activating group) is 1. The minimum absolute atomic E-state index is 0.652. The number of nitrogens with zero attached hydrogens (tertiary/aromatic N) is 2. The van der Waals surface area contributed by atoms with Gasteiger partial charge in [0.2, 0.25) is 0 Å². The lowest BCUT2D eigenvalue weighted by molar-refractivity contribution is 0.199. The molecule has 0 heterocycles. The van der Waals surface area contributed by atoms with Crippen LogP contribution in [0.1, 0.15) is 18.1 Å². The highest BCUT2D eigenvalue weighted by Crippen LogP contribution is 2.21. The van der Waals surface area contributed by atoms with Crippen molar-refractivity contribution in [3.8, 4) is 6.07 Å². The fourth-order valence-electron chi connectivity index (χ4n) is 2.12. The third kappa shape index (κ3) is 5.72. The van der Waals surface area contributed by atoms with Gasteiger partial charge < -0.3 is 19.7 Å². The lowest BCUT2D eigenvalue weighted by Crippen LogP contribution is -2.27. The summed E-state index contributed by atoms with van der Waals surface area (Å²) in [6, 6.07) is 8.32. The molecule has 0 aromatic heterocycles. The summed E-state index contributed by atoms with van der Waals surface area (Å²) in [5.41, 5.74) is 2.78. The molecule has 0 aliphatic heterocycles. The Labute approximate surface area is 127 Å². The number of rotatable bonds is 10. The van der Waals surface area contributed by atoms with Crippen LogP contribution in [0.15, 0.2) is 18.2 Å². The van der Waals surface area contributed by atoms with Crippen molar-refractivity contribution in [2.45, 2.75) is 13.5 Å². The second kappa shape index (κ2) is 10.2. The van der Waals surface area contributed by atoms with Gasteiger partial charge in [-0.1, -0.05) is 6.07 Å². The maximum atomic E-state index is 9.37. The number of anilines is 1. The van der Waals surface area contributed by atoms with E-state index in [0.717, 1.165) is 37.4 Å². The normalized spacial score (nSPS) is 10.4. The molecule has 0 aliphatic rings. The predicted molar refractivity (Wildman–Crippen MR) is 84.5 cm³/mol. The summed E-state index contributed by atoms with van der Waals surface area (Å²) < 4.78 is 10.1. The molecule has 5 nitrogen and oxygen atoms in total. The zero-order valence-electron chi connectivity index (χ0n) is 13.2. The fourth-order valence-corrected chi connectivity index (χ4v) is 2.12. The van der Waals surface area contributed by atoms with Gasteiger partial charge in [0.25, 0.3) is 0 Å². The third-order valence-corrected chi connectivity index (χ3v) is 3.28. The van der Waals surface area contributed by atoms with Gasteiger partial charge >= 0.3 is 0 Å². The van der Waals surface area contributed by atoms with E-state index < -0.39 is 0 Å². The fraction of sp³-hybridized carbons (Fsp3) is 0.562. The zero-order chi connectivity index (χ0) is 15.5. The van der Waals surface area contributed by atoms with E-state index in [1.54, 1.807) is 14.2 Å². The van der Waals surface area contributed by atoms with Crippen molar-refractivity contribution in [2.75, 3.05) is 52.0 Å². The summed E-state index contributed by atoms with van der Waals surface area (Å²) in [6.07, 6.45) is 0. The van der Waals surface area contributed by atoms with Gasteiger partial charge in [-0.05, 0) is 24.6 Å². The van der Waals surface area contributed by atoms with Crippen LogP contribution >= 0.6 is 0 Å². The molecule has 0 saturated carbocycles. The van der Waals surface area contributed by atoms with Gasteiger partial charge in [-0.25, -0.2) is 0 Å². The summed E-state index contributed by atoms with van der Waals surface area (Å²) >= 11 is 0. The van der Waals surface area contributed by atoms with Crippen LogP contribution in [-0.4, -0.2) is 47.1 Å². The van der Waals surface area contributed by atoms with Crippen LogP contribution in [0.4, 0.5) is 5.69 Å². The van der Waals surface area contributed by atoms with Crippen LogP contribution in [0.3, 0.4) is 0 Å². The molecule has 0 amide bonds. The molecule has 21 heavy (non-hydrogen) atoms. The van der Waals surface area contributed by atoms with E-state index in [2.05, 4.69) is 29.3 Å². The van der Waals surface area contributed by atoms with Gasteiger partial charge in [0.05, 0.1) is 24.5 Å². The van der Waals surface area contributed by atoms with E-state index in [0.29, 0.717) is 18.8 Å². The van der Waals surface area contributed by atoms with E-state index in [1.807, 2.05) is 12.1 Å². The van der Waals surface area contributed by atoms with Gasteiger partial charge in [0.15, 0.2) is 0 Å². The summed E-state index contributed by atoms with van der Waals surface area (Å²) in [5.74, 6) is 0. The van der Waals surface area contributed by atoms with Crippen molar-refractivity contribution in [1.82, 2.24) is 5.32 Å². The largest absolute Gasteiger partial charge is 0.383 e. The SMILES string of the molecule is CCN(CCOC)c1ccc(CNCCOC)cc1C#N. The lowest BCUT2D eigenvalue weighted by atomic mass is 10.1. The number of benzene rings is 1. The maximum Gasteiger partial charge on any atom is 0.101 e. The van der Waals surface area contributed by atoms with Crippen molar-refractivity contribution < 1.29 is 9.47 Å². The molecular weight excluding hydrogens is 266 g/mol. The molecule has 1 aromatic rings. The standard InChI is InChI=1S/C16H25N3O2/c1-4-19(8-10-21-3)16-6-5-14(11-15(16)12-17)13-18-7-9-20-2/h5-6,11,18H,4,7-10,13H2,1-3H3.